The van der Waals surface area contributed by atoms with Crippen LogP contribution in [0.2, 0.25) is 0 Å². The molecule has 0 aromatic heterocycles. The third-order valence-corrected chi connectivity index (χ3v) is 2.14. The van der Waals surface area contributed by atoms with Crippen LogP contribution in [0, 0.1) is 11.3 Å². The van der Waals surface area contributed by atoms with E-state index in [9.17, 15) is 4.79 Å². The molecule has 0 atom stereocenters. The van der Waals surface area contributed by atoms with Crippen LogP contribution in [0.5, 0.6) is 0 Å². The van der Waals surface area contributed by atoms with Crippen LogP contribution in [-0.4, -0.2) is 12.6 Å². The zero-order valence-corrected chi connectivity index (χ0v) is 9.63. The minimum absolute atomic E-state index is 0.0751. The number of esters is 1. The van der Waals surface area contributed by atoms with Crippen molar-refractivity contribution < 1.29 is 9.53 Å². The van der Waals surface area contributed by atoms with E-state index >= 15 is 0 Å². The van der Waals surface area contributed by atoms with Crippen molar-refractivity contribution in [1.82, 2.24) is 0 Å². The first-order valence-electron chi connectivity index (χ1n) is 5.83. The van der Waals surface area contributed by atoms with Crippen LogP contribution in [0.1, 0.15) is 58.3 Å². The summed E-state index contributed by atoms with van der Waals surface area (Å²) >= 11 is 0. The zero-order chi connectivity index (χ0) is 11.4. The number of unbranched alkanes of at least 4 members (excludes halogenated alkanes) is 5. The van der Waals surface area contributed by atoms with E-state index in [1.807, 2.05) is 6.92 Å². The molecule has 0 fully saturated rings. The molecule has 0 spiro atoms. The first kappa shape index (κ1) is 14.0. The van der Waals surface area contributed by atoms with Gasteiger partial charge in [-0.25, -0.2) is 0 Å². The summed E-state index contributed by atoms with van der Waals surface area (Å²) < 4.78 is 4.95. The second-order valence-electron chi connectivity index (χ2n) is 3.65. The van der Waals surface area contributed by atoms with Crippen LogP contribution in [0.25, 0.3) is 0 Å². The highest BCUT2D eigenvalue weighted by atomic mass is 16.5. The summed E-state index contributed by atoms with van der Waals surface area (Å²) in [6.45, 7) is 2.53. The van der Waals surface area contributed by atoms with Gasteiger partial charge in [-0.2, -0.15) is 5.26 Å². The van der Waals surface area contributed by atoms with E-state index in [1.165, 1.54) is 0 Å². The molecular formula is C12H21NO2. The number of nitrogens with zero attached hydrogens (tertiary/aromatic N) is 1. The fourth-order valence-electron chi connectivity index (χ4n) is 1.29. The Morgan fingerprint density at radius 1 is 1.20 bits per heavy atom. The summed E-state index contributed by atoms with van der Waals surface area (Å²) in [6, 6.07) is 2.13. The Bertz CT molecular complexity index is 196. The molecule has 0 radical (unpaired) electrons. The van der Waals surface area contributed by atoms with Gasteiger partial charge in [0.25, 0.3) is 0 Å². The summed E-state index contributed by atoms with van der Waals surface area (Å²) in [4.78, 5) is 11.1. The van der Waals surface area contributed by atoms with E-state index in [0.29, 0.717) is 19.4 Å². The molecule has 3 nitrogen and oxygen atoms in total. The van der Waals surface area contributed by atoms with Crippen molar-refractivity contribution in [3.63, 3.8) is 0 Å². The quantitative estimate of drug-likeness (QED) is 0.434. The van der Waals surface area contributed by atoms with Gasteiger partial charge in [0, 0.05) is 12.8 Å². The van der Waals surface area contributed by atoms with E-state index in [0.717, 1.165) is 38.5 Å². The van der Waals surface area contributed by atoms with Crippen LogP contribution in [-0.2, 0) is 9.53 Å². The SMILES string of the molecule is CCCOC(=O)CCCCCCCC#N. The number of ether oxygens (including phenoxy) is 1. The Labute approximate surface area is 92.4 Å². The average Bonchev–Trinajstić information content (AvgIpc) is 2.25. The van der Waals surface area contributed by atoms with Crippen molar-refractivity contribution in [2.24, 2.45) is 0 Å². The number of rotatable bonds is 9. The third kappa shape index (κ3) is 10.9. The first-order chi connectivity index (χ1) is 7.31. The van der Waals surface area contributed by atoms with Crippen molar-refractivity contribution in [2.45, 2.75) is 58.3 Å². The minimum atomic E-state index is -0.0751. The Balaban J connectivity index is 3.10. The van der Waals surface area contributed by atoms with Gasteiger partial charge in [0.05, 0.1) is 12.7 Å². The molecule has 0 aliphatic heterocycles. The number of carbonyl (C=O) groups is 1. The van der Waals surface area contributed by atoms with E-state index in [1.54, 1.807) is 0 Å². The Morgan fingerprint density at radius 3 is 2.53 bits per heavy atom. The summed E-state index contributed by atoms with van der Waals surface area (Å²) in [7, 11) is 0. The molecule has 0 aliphatic carbocycles. The number of carbonyl (C=O) groups excluding carboxylic acids is 1. The van der Waals surface area contributed by atoms with Crippen molar-refractivity contribution in [3.05, 3.63) is 0 Å². The van der Waals surface area contributed by atoms with Crippen LogP contribution in [0.3, 0.4) is 0 Å². The molecule has 0 aromatic carbocycles. The lowest BCUT2D eigenvalue weighted by Gasteiger charge is -2.02. The highest BCUT2D eigenvalue weighted by molar-refractivity contribution is 5.69. The van der Waals surface area contributed by atoms with Gasteiger partial charge in [-0.15, -0.1) is 0 Å². The van der Waals surface area contributed by atoms with Gasteiger partial charge in [0.2, 0.25) is 0 Å². The molecule has 0 aromatic rings. The highest BCUT2D eigenvalue weighted by Gasteiger charge is 2.00. The molecule has 15 heavy (non-hydrogen) atoms. The van der Waals surface area contributed by atoms with E-state index in [4.69, 9.17) is 10.00 Å². The summed E-state index contributed by atoms with van der Waals surface area (Å²) in [5, 5.41) is 8.31. The molecule has 3 heteroatoms. The molecule has 0 rings (SSSR count). The fourth-order valence-corrected chi connectivity index (χ4v) is 1.29. The normalized spacial score (nSPS) is 9.60. The number of nitriles is 1. The van der Waals surface area contributed by atoms with Crippen LogP contribution in [0.4, 0.5) is 0 Å². The number of hydrogen-bond acceptors (Lipinski definition) is 3. The highest BCUT2D eigenvalue weighted by Crippen LogP contribution is 2.07. The summed E-state index contributed by atoms with van der Waals surface area (Å²) in [5.41, 5.74) is 0. The lowest BCUT2D eigenvalue weighted by atomic mass is 10.1. The Morgan fingerprint density at radius 2 is 1.87 bits per heavy atom. The molecule has 0 amide bonds. The number of hydrogen-bond donors (Lipinski definition) is 0. The molecule has 0 N–H and O–H groups in total. The maximum absolute atomic E-state index is 11.1. The first-order valence-corrected chi connectivity index (χ1v) is 5.83. The van der Waals surface area contributed by atoms with Gasteiger partial charge in [-0.3, -0.25) is 4.79 Å². The molecule has 0 heterocycles. The smallest absolute Gasteiger partial charge is 0.305 e. The van der Waals surface area contributed by atoms with E-state index in [2.05, 4.69) is 6.07 Å². The van der Waals surface area contributed by atoms with E-state index in [-0.39, 0.29) is 5.97 Å². The van der Waals surface area contributed by atoms with Gasteiger partial charge in [0.15, 0.2) is 0 Å². The molecule has 0 aliphatic rings. The fraction of sp³-hybridized carbons (Fsp3) is 0.833. The summed E-state index contributed by atoms with van der Waals surface area (Å²) in [5.74, 6) is -0.0751. The lowest BCUT2D eigenvalue weighted by molar-refractivity contribution is -0.143. The maximum atomic E-state index is 11.1. The van der Waals surface area contributed by atoms with Crippen molar-refractivity contribution in [1.29, 1.82) is 5.26 Å². The van der Waals surface area contributed by atoms with Crippen LogP contribution < -0.4 is 0 Å². The third-order valence-electron chi connectivity index (χ3n) is 2.14. The summed E-state index contributed by atoms with van der Waals surface area (Å²) in [6.07, 6.45) is 7.25. The van der Waals surface area contributed by atoms with Crippen LogP contribution in [0.15, 0.2) is 0 Å². The molecule has 0 unspecified atom stereocenters. The Hall–Kier alpha value is -1.04. The van der Waals surface area contributed by atoms with Crippen molar-refractivity contribution in [3.8, 4) is 6.07 Å². The second-order valence-corrected chi connectivity index (χ2v) is 3.65. The zero-order valence-electron chi connectivity index (χ0n) is 9.63. The molecule has 0 bridgehead atoms. The standard InChI is InChI=1S/C12H21NO2/c1-2-11-15-12(14)9-7-5-3-4-6-8-10-13/h2-9,11H2,1H3. The molecule has 86 valence electrons. The Kier molecular flexibility index (Phi) is 10.3. The maximum Gasteiger partial charge on any atom is 0.305 e. The monoisotopic (exact) mass is 211 g/mol. The van der Waals surface area contributed by atoms with Gasteiger partial charge in [-0.1, -0.05) is 26.2 Å². The van der Waals surface area contributed by atoms with Crippen molar-refractivity contribution in [2.75, 3.05) is 6.61 Å². The largest absolute Gasteiger partial charge is 0.466 e. The second kappa shape index (κ2) is 11.0. The molecular weight excluding hydrogens is 190 g/mol. The van der Waals surface area contributed by atoms with E-state index < -0.39 is 0 Å². The topological polar surface area (TPSA) is 50.1 Å². The van der Waals surface area contributed by atoms with Gasteiger partial charge < -0.3 is 4.74 Å². The predicted molar refractivity (Wildman–Crippen MR) is 59.2 cm³/mol. The minimum Gasteiger partial charge on any atom is -0.466 e. The van der Waals surface area contributed by atoms with Crippen LogP contribution >= 0.6 is 0 Å². The average molecular weight is 211 g/mol. The lowest BCUT2D eigenvalue weighted by Crippen LogP contribution is -2.04. The van der Waals surface area contributed by atoms with Gasteiger partial charge >= 0.3 is 5.97 Å². The predicted octanol–water partition coefficient (Wildman–Crippen LogP) is 3.19. The van der Waals surface area contributed by atoms with Crippen molar-refractivity contribution >= 4 is 5.97 Å². The van der Waals surface area contributed by atoms with Gasteiger partial charge in [0.1, 0.15) is 0 Å². The molecule has 0 saturated heterocycles. The van der Waals surface area contributed by atoms with Gasteiger partial charge in [-0.05, 0) is 19.3 Å². The molecule has 0 saturated carbocycles.